The van der Waals surface area contributed by atoms with Crippen LogP contribution in [0.15, 0.2) is 70.6 Å². The minimum absolute atomic E-state index is 0.00857. The minimum atomic E-state index is 0.00857. The van der Waals surface area contributed by atoms with Gasteiger partial charge in [-0.15, -0.1) is 11.3 Å². The van der Waals surface area contributed by atoms with E-state index < -0.39 is 0 Å². The molecule has 2 heterocycles. The summed E-state index contributed by atoms with van der Waals surface area (Å²) in [6.07, 6.45) is 0.886. The summed E-state index contributed by atoms with van der Waals surface area (Å²) in [7, 11) is 1.62. The Morgan fingerprint density at radius 3 is 2.73 bits per heavy atom. The lowest BCUT2D eigenvalue weighted by atomic mass is 10.1. The van der Waals surface area contributed by atoms with Crippen LogP contribution in [0.2, 0.25) is 0 Å². The highest BCUT2D eigenvalue weighted by atomic mass is 32.1. The van der Waals surface area contributed by atoms with Gasteiger partial charge in [-0.1, -0.05) is 23.4 Å². The van der Waals surface area contributed by atoms with Crippen LogP contribution in [-0.2, 0) is 4.79 Å². The number of anilines is 1. The summed E-state index contributed by atoms with van der Waals surface area (Å²) in [4.78, 5) is 18.6. The highest BCUT2D eigenvalue weighted by Crippen LogP contribution is 2.49. The molecule has 150 valence electrons. The molecule has 5 rings (SSSR count). The minimum Gasteiger partial charge on any atom is -0.497 e. The summed E-state index contributed by atoms with van der Waals surface area (Å²) in [6.45, 7) is 0. The lowest BCUT2D eigenvalue weighted by molar-refractivity contribution is -0.117. The highest BCUT2D eigenvalue weighted by molar-refractivity contribution is 7.10. The largest absolute Gasteiger partial charge is 0.497 e. The Hall–Kier alpha value is -3.45. The zero-order chi connectivity index (χ0) is 20.5. The Kier molecular flexibility index (Phi) is 4.80. The molecule has 0 aliphatic heterocycles. The maximum absolute atomic E-state index is 12.8. The van der Waals surface area contributed by atoms with Gasteiger partial charge < -0.3 is 14.6 Å². The number of ether oxygens (including phenoxy) is 1. The number of hydrogen-bond acceptors (Lipinski definition) is 6. The summed E-state index contributed by atoms with van der Waals surface area (Å²) in [5, 5.41) is 9.19. The molecule has 1 aliphatic carbocycles. The number of thiophene rings is 1. The van der Waals surface area contributed by atoms with Crippen LogP contribution in [0.3, 0.4) is 0 Å². The maximum Gasteiger partial charge on any atom is 0.260 e. The van der Waals surface area contributed by atoms with E-state index in [2.05, 4.69) is 21.5 Å². The number of aromatic nitrogens is 2. The van der Waals surface area contributed by atoms with Crippen LogP contribution < -0.4 is 10.1 Å². The standard InChI is InChI=1S/C23H19N3O3S/c1-28-15-10-8-14(9-11-15)21-25-23(29-26-21)16-5-2-3-6-19(16)24-22(27)18-13-17(18)20-7-4-12-30-20/h2-12,17-18H,13H2,1H3,(H,24,27). The van der Waals surface area contributed by atoms with Gasteiger partial charge in [0.1, 0.15) is 5.75 Å². The summed E-state index contributed by atoms with van der Waals surface area (Å²) >= 11 is 1.70. The highest BCUT2D eigenvalue weighted by Gasteiger charge is 2.44. The first-order valence-electron chi connectivity index (χ1n) is 9.65. The Labute approximate surface area is 177 Å². The monoisotopic (exact) mass is 417 g/mol. The fourth-order valence-corrected chi connectivity index (χ4v) is 4.40. The van der Waals surface area contributed by atoms with E-state index >= 15 is 0 Å². The summed E-state index contributed by atoms with van der Waals surface area (Å²) in [5.74, 6) is 1.96. The zero-order valence-electron chi connectivity index (χ0n) is 16.2. The van der Waals surface area contributed by atoms with Crippen molar-refractivity contribution in [1.29, 1.82) is 0 Å². The van der Waals surface area contributed by atoms with Crippen molar-refractivity contribution in [3.63, 3.8) is 0 Å². The second-order valence-electron chi connectivity index (χ2n) is 7.15. The molecule has 7 heteroatoms. The summed E-state index contributed by atoms with van der Waals surface area (Å²) in [5.41, 5.74) is 2.19. The van der Waals surface area contributed by atoms with E-state index in [0.29, 0.717) is 28.9 Å². The molecule has 0 saturated heterocycles. The molecule has 2 atom stereocenters. The molecule has 2 aromatic heterocycles. The molecule has 6 nitrogen and oxygen atoms in total. The van der Waals surface area contributed by atoms with E-state index in [1.165, 1.54) is 4.88 Å². The number of benzene rings is 2. The van der Waals surface area contributed by atoms with Crippen molar-refractivity contribution < 1.29 is 14.1 Å². The second kappa shape index (κ2) is 7.76. The third kappa shape index (κ3) is 3.59. The van der Waals surface area contributed by atoms with Crippen LogP contribution in [0, 0.1) is 5.92 Å². The smallest absolute Gasteiger partial charge is 0.260 e. The molecule has 0 spiro atoms. The quantitative estimate of drug-likeness (QED) is 0.466. The Morgan fingerprint density at radius 1 is 1.13 bits per heavy atom. The van der Waals surface area contributed by atoms with Crippen molar-refractivity contribution in [2.75, 3.05) is 12.4 Å². The zero-order valence-corrected chi connectivity index (χ0v) is 17.1. The fourth-order valence-electron chi connectivity index (χ4n) is 3.50. The van der Waals surface area contributed by atoms with Gasteiger partial charge in [0.25, 0.3) is 5.89 Å². The second-order valence-corrected chi connectivity index (χ2v) is 8.13. The Morgan fingerprint density at radius 2 is 1.97 bits per heavy atom. The molecule has 2 aromatic carbocycles. The predicted molar refractivity (Wildman–Crippen MR) is 116 cm³/mol. The fraction of sp³-hybridized carbons (Fsp3) is 0.174. The van der Waals surface area contributed by atoms with Crippen molar-refractivity contribution in [2.24, 2.45) is 5.92 Å². The predicted octanol–water partition coefficient (Wildman–Crippen LogP) is 5.22. The van der Waals surface area contributed by atoms with Crippen molar-refractivity contribution in [1.82, 2.24) is 10.1 Å². The van der Waals surface area contributed by atoms with Crippen LogP contribution in [0.4, 0.5) is 5.69 Å². The van der Waals surface area contributed by atoms with Crippen LogP contribution in [0.25, 0.3) is 22.8 Å². The first-order chi connectivity index (χ1) is 14.7. The van der Waals surface area contributed by atoms with Crippen molar-refractivity contribution in [3.05, 3.63) is 70.9 Å². The number of carbonyl (C=O) groups is 1. The summed E-state index contributed by atoms with van der Waals surface area (Å²) < 4.78 is 10.7. The van der Waals surface area contributed by atoms with Crippen molar-refractivity contribution in [3.8, 4) is 28.6 Å². The molecule has 0 bridgehead atoms. The maximum atomic E-state index is 12.8. The average Bonchev–Trinajstić information content (AvgIpc) is 3.17. The molecule has 0 radical (unpaired) electrons. The van der Waals surface area contributed by atoms with Gasteiger partial charge in [-0.3, -0.25) is 4.79 Å². The number of nitrogens with zero attached hydrogens (tertiary/aromatic N) is 2. The first-order valence-corrected chi connectivity index (χ1v) is 10.5. The normalized spacial score (nSPS) is 17.5. The third-order valence-electron chi connectivity index (χ3n) is 5.23. The summed E-state index contributed by atoms with van der Waals surface area (Å²) in [6, 6.07) is 19.0. The van der Waals surface area contributed by atoms with Gasteiger partial charge in [0.15, 0.2) is 0 Å². The molecular weight excluding hydrogens is 398 g/mol. The average molecular weight is 417 g/mol. The number of nitrogens with one attached hydrogen (secondary N) is 1. The van der Waals surface area contributed by atoms with Gasteiger partial charge in [0, 0.05) is 22.3 Å². The van der Waals surface area contributed by atoms with Gasteiger partial charge in [0.05, 0.1) is 18.4 Å². The van der Waals surface area contributed by atoms with Crippen LogP contribution >= 0.6 is 11.3 Å². The van der Waals surface area contributed by atoms with E-state index in [-0.39, 0.29) is 11.8 Å². The molecule has 1 amide bonds. The van der Waals surface area contributed by atoms with Crippen molar-refractivity contribution in [2.45, 2.75) is 12.3 Å². The number of carbonyl (C=O) groups excluding carboxylic acids is 1. The number of hydrogen-bond donors (Lipinski definition) is 1. The van der Waals surface area contributed by atoms with Crippen LogP contribution in [0.5, 0.6) is 5.75 Å². The van der Waals surface area contributed by atoms with E-state index in [1.54, 1.807) is 18.4 Å². The van der Waals surface area contributed by atoms with Crippen LogP contribution in [0.1, 0.15) is 17.2 Å². The van der Waals surface area contributed by atoms with E-state index in [4.69, 9.17) is 9.26 Å². The molecule has 30 heavy (non-hydrogen) atoms. The lowest BCUT2D eigenvalue weighted by Crippen LogP contribution is -2.15. The van der Waals surface area contributed by atoms with Gasteiger partial charge in [-0.2, -0.15) is 4.98 Å². The van der Waals surface area contributed by atoms with E-state index in [1.807, 2.05) is 60.0 Å². The lowest BCUT2D eigenvalue weighted by Gasteiger charge is -2.08. The van der Waals surface area contributed by atoms with Crippen molar-refractivity contribution >= 4 is 22.9 Å². The molecule has 4 aromatic rings. The topological polar surface area (TPSA) is 77.3 Å². The molecule has 1 N–H and O–H groups in total. The molecule has 2 unspecified atom stereocenters. The molecular formula is C23H19N3O3S. The molecule has 1 aliphatic rings. The number of para-hydroxylation sites is 1. The van der Waals surface area contributed by atoms with Gasteiger partial charge in [-0.25, -0.2) is 0 Å². The Bertz CT molecular complexity index is 1170. The van der Waals surface area contributed by atoms with Gasteiger partial charge in [0.2, 0.25) is 11.7 Å². The number of amides is 1. The van der Waals surface area contributed by atoms with Gasteiger partial charge >= 0.3 is 0 Å². The number of rotatable bonds is 6. The van der Waals surface area contributed by atoms with Crippen LogP contribution in [-0.4, -0.2) is 23.2 Å². The first kappa shape index (κ1) is 18.6. The molecule has 1 saturated carbocycles. The third-order valence-corrected chi connectivity index (χ3v) is 6.23. The number of methoxy groups -OCH3 is 1. The van der Waals surface area contributed by atoms with Gasteiger partial charge in [-0.05, 0) is 54.3 Å². The van der Waals surface area contributed by atoms with E-state index in [0.717, 1.165) is 17.7 Å². The SMILES string of the molecule is COc1ccc(-c2noc(-c3ccccc3NC(=O)C3CC3c3cccs3)n2)cc1. The Balaban J connectivity index is 1.35. The molecule has 1 fully saturated rings. The van der Waals surface area contributed by atoms with E-state index in [9.17, 15) is 4.79 Å².